The van der Waals surface area contributed by atoms with Gasteiger partial charge in [-0.25, -0.2) is 9.59 Å². The van der Waals surface area contributed by atoms with Gasteiger partial charge in [0.05, 0.1) is 11.3 Å². The summed E-state index contributed by atoms with van der Waals surface area (Å²) in [4.78, 5) is 25.6. The number of fused-ring (bicyclic) bond motifs is 4. The Hall–Kier alpha value is -4.50. The minimum absolute atomic E-state index is 0.224. The maximum atomic E-state index is 12.9. The van der Waals surface area contributed by atoms with E-state index < -0.39 is 33.2 Å². The highest BCUT2D eigenvalue weighted by Gasteiger charge is 2.41. The number of nitrogens with zero attached hydrogens (tertiary/aromatic N) is 1. The Morgan fingerprint density at radius 1 is 0.762 bits per heavy atom. The third kappa shape index (κ3) is 5.65. The maximum Gasteiger partial charge on any atom is 0.338 e. The molecule has 0 aliphatic heterocycles. The standard InChI is InChI=1S/C33H31NO7S/c1-2-3-4-5-6-11-19-42(39,40)41-34-31-26-20-22-14-8-10-17-24(22)27(26)28(29(32(35)36)30(31)33(37)38)25-18-12-15-21-13-7-9-16-23(21)25/h7-10,12-18,20H,2-6,11,19H2,1H3,(H,35,36)(H,37,38). The molecule has 0 radical (unpaired) electrons. The molecule has 0 unspecified atom stereocenters. The van der Waals surface area contributed by atoms with Crippen molar-refractivity contribution >= 4 is 55.8 Å². The fourth-order valence-electron chi connectivity index (χ4n) is 5.60. The van der Waals surface area contributed by atoms with Crippen molar-refractivity contribution in [3.05, 3.63) is 100 Å². The largest absolute Gasteiger partial charge is 0.478 e. The van der Waals surface area contributed by atoms with Gasteiger partial charge in [-0.3, -0.25) is 4.28 Å². The van der Waals surface area contributed by atoms with Crippen molar-refractivity contribution in [1.82, 2.24) is 0 Å². The first-order valence-electron chi connectivity index (χ1n) is 14.0. The molecule has 3 aromatic rings. The summed E-state index contributed by atoms with van der Waals surface area (Å²) in [5, 5.41) is 26.3. The van der Waals surface area contributed by atoms with Gasteiger partial charge in [0, 0.05) is 16.7 Å². The smallest absolute Gasteiger partial charge is 0.338 e. The first-order valence-corrected chi connectivity index (χ1v) is 15.6. The van der Waals surface area contributed by atoms with E-state index >= 15 is 0 Å². The molecular weight excluding hydrogens is 554 g/mol. The molecule has 2 aliphatic carbocycles. The number of oxime groups is 1. The molecule has 0 heterocycles. The number of allylic oxidation sites excluding steroid dienone is 2. The quantitative estimate of drug-likeness (QED) is 0.179. The van der Waals surface area contributed by atoms with Gasteiger partial charge in [-0.2, -0.15) is 8.42 Å². The predicted molar refractivity (Wildman–Crippen MR) is 163 cm³/mol. The van der Waals surface area contributed by atoms with E-state index in [0.29, 0.717) is 29.5 Å². The molecular formula is C33H31NO7S. The van der Waals surface area contributed by atoms with E-state index in [1.54, 1.807) is 24.3 Å². The van der Waals surface area contributed by atoms with Crippen LogP contribution in [0.15, 0.2) is 88.6 Å². The van der Waals surface area contributed by atoms with Gasteiger partial charge in [-0.15, -0.1) is 0 Å². The molecule has 0 atom stereocenters. The van der Waals surface area contributed by atoms with Gasteiger partial charge >= 0.3 is 22.1 Å². The van der Waals surface area contributed by atoms with Crippen LogP contribution in [0.2, 0.25) is 0 Å². The lowest BCUT2D eigenvalue weighted by molar-refractivity contribution is -0.135. The van der Waals surface area contributed by atoms with Crippen molar-refractivity contribution in [3.63, 3.8) is 0 Å². The molecule has 0 bridgehead atoms. The Morgan fingerprint density at radius 3 is 2.17 bits per heavy atom. The van der Waals surface area contributed by atoms with Gasteiger partial charge in [-0.1, -0.05) is 111 Å². The van der Waals surface area contributed by atoms with Crippen molar-refractivity contribution < 1.29 is 32.5 Å². The first kappa shape index (κ1) is 29.0. The fraction of sp³-hybridized carbons (Fsp3) is 0.242. The van der Waals surface area contributed by atoms with Crippen molar-refractivity contribution in [3.8, 4) is 0 Å². The Balaban J connectivity index is 1.67. The van der Waals surface area contributed by atoms with Crippen molar-refractivity contribution in [2.24, 2.45) is 5.16 Å². The molecule has 8 nitrogen and oxygen atoms in total. The van der Waals surface area contributed by atoms with E-state index in [-0.39, 0.29) is 22.6 Å². The SMILES string of the molecule is CCCCCCCCS(=O)(=O)ON=C1C2=Cc3ccccc3C2=C(c2cccc3ccccc23)C(C(=O)O)=C1C(=O)O. The van der Waals surface area contributed by atoms with E-state index in [9.17, 15) is 28.2 Å². The maximum absolute atomic E-state index is 12.9. The van der Waals surface area contributed by atoms with E-state index in [1.807, 2.05) is 48.5 Å². The minimum atomic E-state index is -4.14. The minimum Gasteiger partial charge on any atom is -0.478 e. The second-order valence-corrected chi connectivity index (χ2v) is 12.0. The second kappa shape index (κ2) is 12.2. The molecule has 0 saturated heterocycles. The number of hydrogen-bond donors (Lipinski definition) is 2. The van der Waals surface area contributed by atoms with Gasteiger partial charge in [0.25, 0.3) is 0 Å². The third-order valence-corrected chi connectivity index (χ3v) is 8.61. The van der Waals surface area contributed by atoms with Crippen LogP contribution >= 0.6 is 0 Å². The Bertz CT molecular complexity index is 1810. The van der Waals surface area contributed by atoms with Gasteiger partial charge in [0.2, 0.25) is 0 Å². The molecule has 2 aliphatic rings. The van der Waals surface area contributed by atoms with Crippen LogP contribution in [0.5, 0.6) is 0 Å². The van der Waals surface area contributed by atoms with Gasteiger partial charge < -0.3 is 10.2 Å². The molecule has 0 fully saturated rings. The highest BCUT2D eigenvalue weighted by Crippen LogP contribution is 2.49. The molecule has 42 heavy (non-hydrogen) atoms. The summed E-state index contributed by atoms with van der Waals surface area (Å²) in [7, 11) is -4.14. The molecule has 9 heteroatoms. The van der Waals surface area contributed by atoms with Crippen LogP contribution in [0.4, 0.5) is 0 Å². The highest BCUT2D eigenvalue weighted by atomic mass is 32.2. The molecule has 0 spiro atoms. The topological polar surface area (TPSA) is 130 Å². The Labute approximate surface area is 244 Å². The first-order chi connectivity index (χ1) is 20.2. The summed E-state index contributed by atoms with van der Waals surface area (Å²) in [5.74, 6) is -3.32. The van der Waals surface area contributed by atoms with Crippen LogP contribution in [0, 0.1) is 0 Å². The lowest BCUT2D eigenvalue weighted by Crippen LogP contribution is -2.26. The van der Waals surface area contributed by atoms with Crippen molar-refractivity contribution in [2.45, 2.75) is 45.4 Å². The van der Waals surface area contributed by atoms with Crippen molar-refractivity contribution in [2.75, 3.05) is 5.75 Å². The lowest BCUT2D eigenvalue weighted by Gasteiger charge is -2.25. The molecule has 2 N–H and O–H groups in total. The monoisotopic (exact) mass is 585 g/mol. The average Bonchev–Trinajstić information content (AvgIpc) is 3.36. The Kier molecular flexibility index (Phi) is 8.40. The van der Waals surface area contributed by atoms with E-state index in [4.69, 9.17) is 4.28 Å². The van der Waals surface area contributed by atoms with E-state index in [0.717, 1.165) is 42.0 Å². The van der Waals surface area contributed by atoms with Gasteiger partial charge in [-0.05, 0) is 40.0 Å². The summed E-state index contributed by atoms with van der Waals surface area (Å²) in [6.07, 6.45) is 6.87. The van der Waals surface area contributed by atoms with Crippen LogP contribution in [0.25, 0.3) is 28.0 Å². The normalized spacial score (nSPS) is 15.5. The zero-order valence-electron chi connectivity index (χ0n) is 23.2. The summed E-state index contributed by atoms with van der Waals surface area (Å²) < 4.78 is 30.5. The van der Waals surface area contributed by atoms with Crippen LogP contribution in [-0.4, -0.2) is 42.0 Å². The number of carboxylic acids is 2. The van der Waals surface area contributed by atoms with Crippen LogP contribution < -0.4 is 0 Å². The van der Waals surface area contributed by atoms with Crippen molar-refractivity contribution in [1.29, 1.82) is 0 Å². The zero-order chi connectivity index (χ0) is 29.9. The number of carbonyl (C=O) groups is 2. The summed E-state index contributed by atoms with van der Waals surface area (Å²) in [6, 6.07) is 20.1. The molecule has 0 amide bonds. The highest BCUT2D eigenvalue weighted by molar-refractivity contribution is 7.86. The summed E-state index contributed by atoms with van der Waals surface area (Å²) in [5.41, 5.74) is 1.44. The van der Waals surface area contributed by atoms with Gasteiger partial charge in [0.15, 0.2) is 0 Å². The molecule has 216 valence electrons. The Morgan fingerprint density at radius 2 is 1.40 bits per heavy atom. The third-order valence-electron chi connectivity index (χ3n) is 7.52. The average molecular weight is 586 g/mol. The second-order valence-electron chi connectivity index (χ2n) is 10.3. The van der Waals surface area contributed by atoms with Crippen LogP contribution in [0.1, 0.15) is 62.1 Å². The molecule has 5 rings (SSSR count). The van der Waals surface area contributed by atoms with Crippen LogP contribution in [0.3, 0.4) is 0 Å². The number of benzene rings is 3. The number of unbranched alkanes of at least 4 members (excludes halogenated alkanes) is 5. The number of carboxylic acid groups (broad SMARTS) is 2. The summed E-state index contributed by atoms with van der Waals surface area (Å²) >= 11 is 0. The lowest BCUT2D eigenvalue weighted by atomic mass is 9.77. The number of aliphatic carboxylic acids is 2. The molecule has 0 aromatic heterocycles. The van der Waals surface area contributed by atoms with E-state index in [2.05, 4.69) is 12.1 Å². The number of hydrogen-bond acceptors (Lipinski definition) is 6. The van der Waals surface area contributed by atoms with Crippen LogP contribution in [-0.2, 0) is 24.0 Å². The van der Waals surface area contributed by atoms with E-state index in [1.165, 1.54) is 0 Å². The zero-order valence-corrected chi connectivity index (χ0v) is 24.0. The molecule has 3 aromatic carbocycles. The van der Waals surface area contributed by atoms with Gasteiger partial charge in [0.1, 0.15) is 11.3 Å². The predicted octanol–water partition coefficient (Wildman–Crippen LogP) is 6.69. The number of rotatable bonds is 12. The fourth-order valence-corrected chi connectivity index (χ4v) is 6.42. The summed E-state index contributed by atoms with van der Waals surface area (Å²) in [6.45, 7) is 2.10. The molecule has 0 saturated carbocycles.